The fraction of sp³-hybridized carbons (Fsp3) is 0.143. The summed E-state index contributed by atoms with van der Waals surface area (Å²) in [7, 11) is 0. The molecule has 0 amide bonds. The molecule has 1 heterocycles. The number of nitrogens with two attached hydrogens (primary N) is 1. The average Bonchev–Trinajstić information content (AvgIpc) is 2.42. The number of rotatable bonds is 5. The molecule has 2 rings (SSSR count). The topological polar surface area (TPSA) is 71.8 Å². The van der Waals surface area contributed by atoms with E-state index < -0.39 is 0 Å². The molecule has 0 saturated carbocycles. The van der Waals surface area contributed by atoms with Gasteiger partial charge < -0.3 is 10.7 Å². The van der Waals surface area contributed by atoms with Gasteiger partial charge in [0.2, 0.25) is 0 Å². The molecular weight excluding hydrogens is 258 g/mol. The Morgan fingerprint density at radius 3 is 2.74 bits per heavy atom. The first-order chi connectivity index (χ1) is 9.20. The average molecular weight is 273 g/mol. The number of H-pyrrole nitrogens is 1. The van der Waals surface area contributed by atoms with Crippen molar-refractivity contribution < 1.29 is 0 Å². The SMILES string of the molecule is C=CCc1c(N)nc(SCc2ccccc2)[nH]c1=O. The van der Waals surface area contributed by atoms with Crippen molar-refractivity contribution in [3.05, 3.63) is 64.5 Å². The van der Waals surface area contributed by atoms with Crippen LogP contribution < -0.4 is 11.3 Å². The highest BCUT2D eigenvalue weighted by Gasteiger charge is 2.07. The largest absolute Gasteiger partial charge is 0.383 e. The van der Waals surface area contributed by atoms with Crippen molar-refractivity contribution >= 4 is 17.6 Å². The first kappa shape index (κ1) is 13.4. The Morgan fingerprint density at radius 2 is 2.11 bits per heavy atom. The molecule has 3 N–H and O–H groups in total. The van der Waals surface area contributed by atoms with Gasteiger partial charge in [-0.1, -0.05) is 48.2 Å². The molecule has 0 aliphatic heterocycles. The van der Waals surface area contributed by atoms with Crippen molar-refractivity contribution in [3.8, 4) is 0 Å². The second-order valence-corrected chi connectivity index (χ2v) is 4.97. The third kappa shape index (κ3) is 3.48. The lowest BCUT2D eigenvalue weighted by atomic mass is 10.2. The Morgan fingerprint density at radius 1 is 1.37 bits per heavy atom. The van der Waals surface area contributed by atoms with Gasteiger partial charge in [0, 0.05) is 5.75 Å². The minimum absolute atomic E-state index is 0.192. The smallest absolute Gasteiger partial charge is 0.257 e. The van der Waals surface area contributed by atoms with E-state index in [-0.39, 0.29) is 11.4 Å². The Labute approximate surface area is 115 Å². The van der Waals surface area contributed by atoms with Crippen LogP contribution in [0.5, 0.6) is 0 Å². The lowest BCUT2D eigenvalue weighted by Crippen LogP contribution is -2.17. The molecule has 5 heteroatoms. The summed E-state index contributed by atoms with van der Waals surface area (Å²) in [5, 5.41) is 0.541. The fourth-order valence-corrected chi connectivity index (χ4v) is 2.45. The number of aromatic nitrogens is 2. The van der Waals surface area contributed by atoms with Crippen LogP contribution in [0.2, 0.25) is 0 Å². The highest BCUT2D eigenvalue weighted by atomic mass is 32.2. The number of nitrogen functional groups attached to an aromatic ring is 1. The summed E-state index contributed by atoms with van der Waals surface area (Å²) < 4.78 is 0. The number of benzene rings is 1. The third-order valence-corrected chi connectivity index (χ3v) is 3.54. The fourth-order valence-electron chi connectivity index (χ4n) is 1.63. The van der Waals surface area contributed by atoms with Gasteiger partial charge in [-0.2, -0.15) is 0 Å². The van der Waals surface area contributed by atoms with Crippen LogP contribution in [0.1, 0.15) is 11.1 Å². The molecule has 1 aromatic heterocycles. The first-order valence-electron chi connectivity index (χ1n) is 5.87. The molecule has 2 aromatic rings. The van der Waals surface area contributed by atoms with Crippen molar-refractivity contribution in [2.75, 3.05) is 5.73 Å². The molecule has 0 spiro atoms. The van der Waals surface area contributed by atoms with Gasteiger partial charge in [0.15, 0.2) is 5.16 Å². The minimum Gasteiger partial charge on any atom is -0.383 e. The van der Waals surface area contributed by atoms with E-state index in [0.717, 1.165) is 5.75 Å². The van der Waals surface area contributed by atoms with E-state index >= 15 is 0 Å². The number of nitrogens with zero attached hydrogens (tertiary/aromatic N) is 1. The normalized spacial score (nSPS) is 10.3. The number of aromatic amines is 1. The van der Waals surface area contributed by atoms with Gasteiger partial charge >= 0.3 is 0 Å². The third-order valence-electron chi connectivity index (χ3n) is 2.59. The van der Waals surface area contributed by atoms with Crippen molar-refractivity contribution in [1.82, 2.24) is 9.97 Å². The van der Waals surface area contributed by atoms with Crippen molar-refractivity contribution in [3.63, 3.8) is 0 Å². The van der Waals surface area contributed by atoms with Gasteiger partial charge in [-0.15, -0.1) is 6.58 Å². The Kier molecular flexibility index (Phi) is 4.41. The van der Waals surface area contributed by atoms with Gasteiger partial charge in [-0.3, -0.25) is 4.79 Å². The predicted octanol–water partition coefficient (Wildman–Crippen LogP) is 2.37. The lowest BCUT2D eigenvalue weighted by molar-refractivity contribution is 0.914. The van der Waals surface area contributed by atoms with Crippen LogP contribution in [0, 0.1) is 0 Å². The van der Waals surface area contributed by atoms with Crippen molar-refractivity contribution in [1.29, 1.82) is 0 Å². The molecule has 0 fully saturated rings. The van der Waals surface area contributed by atoms with Gasteiger partial charge in [0.05, 0.1) is 5.56 Å². The summed E-state index contributed by atoms with van der Waals surface area (Å²) in [6.07, 6.45) is 2.07. The molecule has 0 radical (unpaired) electrons. The zero-order valence-corrected chi connectivity index (χ0v) is 11.2. The molecule has 4 nitrogen and oxygen atoms in total. The highest BCUT2D eigenvalue weighted by molar-refractivity contribution is 7.98. The zero-order chi connectivity index (χ0) is 13.7. The lowest BCUT2D eigenvalue weighted by Gasteiger charge is -2.05. The highest BCUT2D eigenvalue weighted by Crippen LogP contribution is 2.19. The van der Waals surface area contributed by atoms with E-state index in [1.807, 2.05) is 30.3 Å². The molecule has 98 valence electrons. The van der Waals surface area contributed by atoms with Gasteiger partial charge in [-0.25, -0.2) is 4.98 Å². The minimum atomic E-state index is -0.192. The first-order valence-corrected chi connectivity index (χ1v) is 6.85. The number of nitrogens with one attached hydrogen (secondary N) is 1. The van der Waals surface area contributed by atoms with E-state index in [1.165, 1.54) is 17.3 Å². The second-order valence-electron chi connectivity index (χ2n) is 4.00. The summed E-state index contributed by atoms with van der Waals surface area (Å²) in [6, 6.07) is 9.98. The molecule has 0 bridgehead atoms. The number of allylic oxidation sites excluding steroid dienone is 1. The molecule has 0 atom stereocenters. The van der Waals surface area contributed by atoms with Crippen molar-refractivity contribution in [2.45, 2.75) is 17.3 Å². The Balaban J connectivity index is 2.14. The summed E-state index contributed by atoms with van der Waals surface area (Å²) in [5.41, 5.74) is 7.23. The summed E-state index contributed by atoms with van der Waals surface area (Å²) in [6.45, 7) is 3.60. The number of hydrogen-bond donors (Lipinski definition) is 2. The maximum Gasteiger partial charge on any atom is 0.257 e. The van der Waals surface area contributed by atoms with E-state index in [4.69, 9.17) is 5.73 Å². The van der Waals surface area contributed by atoms with Crippen LogP contribution in [0.4, 0.5) is 5.82 Å². The van der Waals surface area contributed by atoms with E-state index in [0.29, 0.717) is 17.1 Å². The monoisotopic (exact) mass is 273 g/mol. The molecule has 0 aliphatic carbocycles. The van der Waals surface area contributed by atoms with Crippen LogP contribution in [-0.2, 0) is 12.2 Å². The van der Waals surface area contributed by atoms with E-state index in [2.05, 4.69) is 16.5 Å². The van der Waals surface area contributed by atoms with Gasteiger partial charge in [0.25, 0.3) is 5.56 Å². The number of thioether (sulfide) groups is 1. The van der Waals surface area contributed by atoms with Crippen LogP contribution in [0.25, 0.3) is 0 Å². The standard InChI is InChI=1S/C14H15N3OS/c1-2-6-11-12(15)16-14(17-13(11)18)19-9-10-7-4-3-5-8-10/h2-5,7-8H,1,6,9H2,(H3,15,16,17,18). The van der Waals surface area contributed by atoms with Crippen LogP contribution >= 0.6 is 11.8 Å². The van der Waals surface area contributed by atoms with Gasteiger partial charge in [-0.05, 0) is 12.0 Å². The van der Waals surface area contributed by atoms with Crippen LogP contribution in [0.15, 0.2) is 52.9 Å². The number of anilines is 1. The van der Waals surface area contributed by atoms with Gasteiger partial charge in [0.1, 0.15) is 5.82 Å². The molecule has 0 aliphatic rings. The zero-order valence-electron chi connectivity index (χ0n) is 10.4. The van der Waals surface area contributed by atoms with Crippen molar-refractivity contribution in [2.24, 2.45) is 0 Å². The quantitative estimate of drug-likeness (QED) is 0.498. The molecular formula is C14H15N3OS. The van der Waals surface area contributed by atoms with E-state index in [9.17, 15) is 4.79 Å². The molecule has 1 aromatic carbocycles. The summed E-state index contributed by atoms with van der Waals surface area (Å²) >= 11 is 1.46. The summed E-state index contributed by atoms with van der Waals surface area (Å²) in [5.74, 6) is 1.02. The Hall–Kier alpha value is -2.01. The second kappa shape index (κ2) is 6.24. The van der Waals surface area contributed by atoms with E-state index in [1.54, 1.807) is 6.08 Å². The van der Waals surface area contributed by atoms with Crippen LogP contribution in [-0.4, -0.2) is 9.97 Å². The molecule has 0 unspecified atom stereocenters. The molecule has 0 saturated heterocycles. The number of hydrogen-bond acceptors (Lipinski definition) is 4. The summed E-state index contributed by atoms with van der Waals surface area (Å²) in [4.78, 5) is 18.8. The predicted molar refractivity (Wildman–Crippen MR) is 79.2 cm³/mol. The van der Waals surface area contributed by atoms with Crippen LogP contribution in [0.3, 0.4) is 0 Å². The maximum atomic E-state index is 11.8. The maximum absolute atomic E-state index is 11.8. The Bertz CT molecular complexity index is 622. The molecule has 19 heavy (non-hydrogen) atoms.